The van der Waals surface area contributed by atoms with Gasteiger partial charge in [-0.15, -0.1) is 0 Å². The Bertz CT molecular complexity index is 6550. The summed E-state index contributed by atoms with van der Waals surface area (Å²) < 4.78 is 79.8. The average molecular weight is 1880 g/mol. The van der Waals surface area contributed by atoms with Gasteiger partial charge in [0.05, 0.1) is 84.9 Å². The lowest BCUT2D eigenvalue weighted by atomic mass is 9.71. The topological polar surface area (TPSA) is 382 Å². The minimum atomic E-state index is -2.09. The van der Waals surface area contributed by atoms with E-state index in [0.29, 0.717) is 188 Å². The summed E-state index contributed by atoms with van der Waals surface area (Å²) in [5.41, 5.74) is 5.29. The number of alkyl halides is 1. The lowest BCUT2D eigenvalue weighted by Crippen LogP contribution is -2.47. The van der Waals surface area contributed by atoms with Crippen LogP contribution in [0.5, 0.6) is 0 Å². The van der Waals surface area contributed by atoms with Crippen LogP contribution < -0.4 is 47.3 Å². The van der Waals surface area contributed by atoms with E-state index in [-0.39, 0.29) is 116 Å². The molecule has 5 aliphatic carbocycles. The maximum Gasteiger partial charge on any atom is 0.337 e. The van der Waals surface area contributed by atoms with Crippen LogP contribution >= 0.6 is 46.4 Å². The first-order valence-electron chi connectivity index (χ1n) is 43.0. The number of H-pyrrole nitrogens is 1. The molecule has 6 fully saturated rings. The van der Waals surface area contributed by atoms with Crippen molar-refractivity contribution in [1.82, 2.24) is 79.7 Å². The number of rotatable bonds is 15. The van der Waals surface area contributed by atoms with E-state index in [9.17, 15) is 65.5 Å². The molecule has 682 valence electrons. The Morgan fingerprint density at radius 3 is 1.56 bits per heavy atom. The molecule has 12 aromatic rings. The highest BCUT2D eigenvalue weighted by Crippen LogP contribution is 2.50. The molecule has 0 bridgehead atoms. The second kappa shape index (κ2) is 38.3. The van der Waals surface area contributed by atoms with Crippen LogP contribution in [-0.4, -0.2) is 162 Å². The second-order valence-corrected chi connectivity index (χ2v) is 35.6. The lowest BCUT2D eigenvalue weighted by Gasteiger charge is -2.36. The molecule has 8 amide bonds. The molecule has 2 saturated heterocycles. The summed E-state index contributed by atoms with van der Waals surface area (Å²) >= 11 is 24.4. The fourth-order valence-electron chi connectivity index (χ4n) is 18.7. The molecular weight excluding hydrogens is 1790 g/mol. The minimum Gasteiger partial charge on any atom is -0.465 e. The van der Waals surface area contributed by atoms with E-state index >= 15 is 4.39 Å². The normalized spacial score (nSPS) is 21.6. The number of carbonyl (C=O) groups is 9. The monoisotopic (exact) mass is 1870 g/mol. The quantitative estimate of drug-likeness (QED) is 0.0370. The Kier molecular flexibility index (Phi) is 26.8. The van der Waals surface area contributed by atoms with Gasteiger partial charge in [-0.05, 0) is 227 Å². The molecule has 40 heteroatoms. The zero-order chi connectivity index (χ0) is 92.5. The van der Waals surface area contributed by atoms with Gasteiger partial charge in [0.1, 0.15) is 39.7 Å². The number of esters is 1. The molecule has 2 aliphatic heterocycles. The summed E-state index contributed by atoms with van der Waals surface area (Å²) in [6.45, 7) is 4.78. The number of aryl methyl sites for hydroxylation is 3. The summed E-state index contributed by atoms with van der Waals surface area (Å²) in [4.78, 5) is 148. The molecule has 0 radical (unpaired) electrons. The van der Waals surface area contributed by atoms with Gasteiger partial charge in [0.15, 0.2) is 34.1 Å². The Hall–Kier alpha value is -12.8. The van der Waals surface area contributed by atoms with Crippen molar-refractivity contribution in [2.24, 2.45) is 16.7 Å². The predicted molar refractivity (Wildman–Crippen MR) is 476 cm³/mol. The summed E-state index contributed by atoms with van der Waals surface area (Å²) in [5.74, 6) is -5.74. The summed E-state index contributed by atoms with van der Waals surface area (Å²) in [6, 6.07) is 18.4. The first-order chi connectivity index (χ1) is 62.9. The minimum absolute atomic E-state index is 0.00471. The third-order valence-corrected chi connectivity index (χ3v) is 27.1. The molecular formula is C91H89Cl4F5N20O11. The van der Waals surface area contributed by atoms with E-state index in [1.54, 1.807) is 87.1 Å². The van der Waals surface area contributed by atoms with Gasteiger partial charge >= 0.3 is 5.97 Å². The zero-order valence-corrected chi connectivity index (χ0v) is 74.1. The number of aromatic amines is 1. The first kappa shape index (κ1) is 91.5. The molecule has 31 nitrogen and oxygen atoms in total. The molecule has 7 N–H and O–H groups in total. The molecule has 7 aliphatic rings. The number of ether oxygens (including phenoxy) is 1. The van der Waals surface area contributed by atoms with Gasteiger partial charge in [-0.1, -0.05) is 46.4 Å². The number of benzene rings is 4. The number of anilines is 4. The van der Waals surface area contributed by atoms with Crippen LogP contribution in [0.1, 0.15) is 196 Å². The second-order valence-electron chi connectivity index (χ2n) is 34.0. The van der Waals surface area contributed by atoms with Crippen molar-refractivity contribution < 1.29 is 69.8 Å². The van der Waals surface area contributed by atoms with E-state index in [2.05, 4.69) is 72.2 Å². The SMILES string of the molecule is COC(=O)c1ccc(N2CCC3(CCC(NC(=O)c4cnn5cccnc45)CC3)C2=O)c(Cl)c1.Cc1cc(=O)n2[nH]cc(C(=O)NC3CCC4(CC3)CCN(c3ccc(F)cc3Cl)C4=O)c2n1.Cc1nc2c(C(=O)NC3CCC(C(=O)Nc4c(F)cc(F)cc4Cl)CC3)cnn2c2c1CCC2.O=C(NC1CCC(F)(C(=O)Nc2ccc(F)cc2Cl)CC1)c1cnn2cccnc12. The first-order valence-corrected chi connectivity index (χ1v) is 44.5. The van der Waals surface area contributed by atoms with E-state index < -0.39 is 51.6 Å². The Balaban J connectivity index is 0.000000128. The summed E-state index contributed by atoms with van der Waals surface area (Å²) in [5, 5.41) is 32.7. The third-order valence-electron chi connectivity index (χ3n) is 25.9. The van der Waals surface area contributed by atoms with Crippen molar-refractivity contribution in [2.75, 3.05) is 40.6 Å². The van der Waals surface area contributed by atoms with Crippen molar-refractivity contribution in [3.05, 3.63) is 239 Å². The van der Waals surface area contributed by atoms with Gasteiger partial charge in [0, 0.05) is 103 Å². The predicted octanol–water partition coefficient (Wildman–Crippen LogP) is 14.4. The molecule has 0 atom stereocenters. The molecule has 8 aromatic heterocycles. The third kappa shape index (κ3) is 19.3. The number of nitrogens with zero attached hydrogens (tertiary/aromatic N) is 13. The van der Waals surface area contributed by atoms with E-state index in [1.807, 2.05) is 6.92 Å². The summed E-state index contributed by atoms with van der Waals surface area (Å²) in [6.07, 6.45) is 25.2. The van der Waals surface area contributed by atoms with Crippen molar-refractivity contribution >= 4 is 145 Å². The molecule has 19 rings (SSSR count). The van der Waals surface area contributed by atoms with Crippen LogP contribution in [0, 0.1) is 53.9 Å². The number of nitrogens with one attached hydrogen (secondary N) is 7. The molecule has 2 spiro atoms. The highest BCUT2D eigenvalue weighted by atomic mass is 35.5. The van der Waals surface area contributed by atoms with Gasteiger partial charge in [0.2, 0.25) is 17.7 Å². The number of amides is 8. The van der Waals surface area contributed by atoms with Crippen molar-refractivity contribution in [3.8, 4) is 0 Å². The van der Waals surface area contributed by atoms with E-state index in [4.69, 9.17) is 51.1 Å². The van der Waals surface area contributed by atoms with Crippen molar-refractivity contribution in [2.45, 2.75) is 179 Å². The van der Waals surface area contributed by atoms with Gasteiger partial charge in [-0.25, -0.2) is 64.7 Å². The van der Waals surface area contributed by atoms with Crippen LogP contribution in [0.2, 0.25) is 20.1 Å². The maximum atomic E-state index is 15.2. The van der Waals surface area contributed by atoms with E-state index in [1.165, 1.54) is 70.6 Å². The van der Waals surface area contributed by atoms with Gasteiger partial charge in [-0.3, -0.25) is 48.2 Å². The highest BCUT2D eigenvalue weighted by molar-refractivity contribution is 6.35. The van der Waals surface area contributed by atoms with Gasteiger partial charge in [-0.2, -0.15) is 15.3 Å². The molecule has 4 aromatic carbocycles. The number of fused-ring (bicyclic) bond motifs is 6. The number of methoxy groups -OCH3 is 1. The lowest BCUT2D eigenvalue weighted by molar-refractivity contribution is -0.129. The standard InChI is InChI=1S/C24H24ClF2N5O2.C24H24ClN5O4.C23H23ClFN5O3.C20H18ClF2N5O2/c1-12-16-3-2-4-20(16)32-22(29-12)17(11-28-32)24(34)30-15-7-5-13(6-8-15)23(33)31-21-18(25)9-14(26)10-19(21)27;1-34-22(32)15-3-4-19(18(25)13-15)29-12-9-24(23(29)33)7-5-16(6-8-24)28-21(31)17-14-27-30-11-2-10-26-20(17)30;1-13-10-19(31)30-20(27-13)16(12-26-30)21(32)28-15-4-6-23(7-5-15)8-9-29(22(23)33)18-3-2-14(25)11-17(18)24;21-15-10-12(22)2-3-16(15)27-19(30)20(23)6-4-13(5-7-20)26-18(29)14-11-25-28-9-1-8-24-17(14)28/h9-11,13,15H,2-8H2,1H3,(H,30,34)(H,31,33);2-4,10-11,13-14,16H,5-9,12H2,1H3,(H,28,31);2-3,10-12,15,26H,4-9H2,1H3,(H,28,32);1-3,8-11,13H,4-7H2,(H,26,29)(H,27,30). The highest BCUT2D eigenvalue weighted by Gasteiger charge is 2.52. The Labute approximate surface area is 764 Å². The Morgan fingerprint density at radius 1 is 0.519 bits per heavy atom. The molecule has 0 unspecified atom stereocenters. The van der Waals surface area contributed by atoms with E-state index in [0.717, 1.165) is 55.3 Å². The van der Waals surface area contributed by atoms with Crippen LogP contribution in [0.25, 0.3) is 22.6 Å². The fourth-order valence-corrected chi connectivity index (χ4v) is 19.7. The number of halogens is 9. The largest absolute Gasteiger partial charge is 0.465 e. The molecule has 4 saturated carbocycles. The van der Waals surface area contributed by atoms with Crippen LogP contribution in [0.4, 0.5) is 44.7 Å². The molecule has 10 heterocycles. The van der Waals surface area contributed by atoms with Crippen LogP contribution in [-0.2, 0) is 36.8 Å². The van der Waals surface area contributed by atoms with Crippen molar-refractivity contribution in [3.63, 3.8) is 0 Å². The fraction of sp³-hybridized carbons (Fsp3) is 0.374. The summed E-state index contributed by atoms with van der Waals surface area (Å²) in [7, 11) is 1.31. The molecule has 131 heavy (non-hydrogen) atoms. The average Bonchev–Trinajstić information content (AvgIpc) is 1.61. The van der Waals surface area contributed by atoms with Crippen molar-refractivity contribution in [1.29, 1.82) is 0 Å². The van der Waals surface area contributed by atoms with Crippen LogP contribution in [0.3, 0.4) is 0 Å². The number of hydrogen-bond donors (Lipinski definition) is 7. The number of hydrogen-bond acceptors (Lipinski definition) is 18. The van der Waals surface area contributed by atoms with Crippen LogP contribution in [0.15, 0.2) is 139 Å². The van der Waals surface area contributed by atoms with Gasteiger partial charge in [0.25, 0.3) is 35.1 Å². The number of aromatic nitrogens is 12. The van der Waals surface area contributed by atoms with Gasteiger partial charge < -0.3 is 46.4 Å². The smallest absolute Gasteiger partial charge is 0.337 e. The maximum absolute atomic E-state index is 15.2. The Morgan fingerprint density at radius 2 is 1.02 bits per heavy atom. The zero-order valence-electron chi connectivity index (χ0n) is 71.1. The number of carbonyl (C=O) groups excluding carboxylic acids is 9.